The van der Waals surface area contributed by atoms with Gasteiger partial charge in [-0.25, -0.2) is 0 Å². The summed E-state index contributed by atoms with van der Waals surface area (Å²) >= 11 is 0. The predicted molar refractivity (Wildman–Crippen MR) is 83.9 cm³/mol. The quantitative estimate of drug-likeness (QED) is 0.594. The van der Waals surface area contributed by atoms with E-state index in [4.69, 9.17) is 11.2 Å². The lowest BCUT2D eigenvalue weighted by Crippen LogP contribution is -2.86. The summed E-state index contributed by atoms with van der Waals surface area (Å²) in [4.78, 5) is 0. The highest BCUT2D eigenvalue weighted by Crippen LogP contribution is 2.21. The molecule has 0 amide bonds. The summed E-state index contributed by atoms with van der Waals surface area (Å²) in [5, 5.41) is 11.6. The van der Waals surface area contributed by atoms with Gasteiger partial charge in [-0.1, -0.05) is 42.5 Å². The van der Waals surface area contributed by atoms with Crippen molar-refractivity contribution in [1.82, 2.24) is 0 Å². The van der Waals surface area contributed by atoms with E-state index in [0.29, 0.717) is 13.1 Å². The van der Waals surface area contributed by atoms with Crippen molar-refractivity contribution in [3.63, 3.8) is 0 Å². The standard InChI is InChI=1S/C18H19NO2/c1-2-12-19-13-17(20)14-21-18-10-8-16(9-11-18)15-6-4-3-5-7-15/h1,3-11,17,19-20H,12-14H2/p+1/t17-/m0/s1. The van der Waals surface area contributed by atoms with Crippen molar-refractivity contribution in [3.8, 4) is 29.2 Å². The average molecular weight is 282 g/mol. The number of aliphatic hydroxyl groups excluding tert-OH is 1. The zero-order valence-electron chi connectivity index (χ0n) is 11.9. The van der Waals surface area contributed by atoms with E-state index in [9.17, 15) is 5.11 Å². The van der Waals surface area contributed by atoms with Crippen molar-refractivity contribution in [2.75, 3.05) is 19.7 Å². The van der Waals surface area contributed by atoms with E-state index in [1.54, 1.807) is 0 Å². The summed E-state index contributed by atoms with van der Waals surface area (Å²) in [6, 6.07) is 18.0. The van der Waals surface area contributed by atoms with Crippen molar-refractivity contribution < 1.29 is 15.2 Å². The van der Waals surface area contributed by atoms with Crippen LogP contribution in [0.25, 0.3) is 11.1 Å². The third kappa shape index (κ3) is 4.96. The van der Waals surface area contributed by atoms with Gasteiger partial charge in [0.1, 0.15) is 31.5 Å². The van der Waals surface area contributed by atoms with Crippen LogP contribution in [0.1, 0.15) is 0 Å². The average Bonchev–Trinajstić information content (AvgIpc) is 2.54. The molecule has 21 heavy (non-hydrogen) atoms. The Balaban J connectivity index is 1.84. The Hall–Kier alpha value is -2.28. The van der Waals surface area contributed by atoms with Crippen molar-refractivity contribution in [2.24, 2.45) is 0 Å². The lowest BCUT2D eigenvalue weighted by molar-refractivity contribution is -0.650. The first-order valence-electron chi connectivity index (χ1n) is 7.01. The van der Waals surface area contributed by atoms with Gasteiger partial charge in [-0.2, -0.15) is 0 Å². The fourth-order valence-corrected chi connectivity index (χ4v) is 1.99. The van der Waals surface area contributed by atoms with Crippen molar-refractivity contribution in [3.05, 3.63) is 54.6 Å². The van der Waals surface area contributed by atoms with Crippen LogP contribution in [0.15, 0.2) is 54.6 Å². The topological polar surface area (TPSA) is 46.1 Å². The molecular formula is C18H20NO2+. The number of hydrogen-bond acceptors (Lipinski definition) is 2. The first-order chi connectivity index (χ1) is 10.3. The molecule has 2 aromatic carbocycles. The second-order valence-electron chi connectivity index (χ2n) is 4.79. The molecule has 0 aliphatic rings. The van der Waals surface area contributed by atoms with Gasteiger partial charge in [0.25, 0.3) is 0 Å². The number of aliphatic hydroxyl groups is 1. The number of benzene rings is 2. The smallest absolute Gasteiger partial charge is 0.137 e. The van der Waals surface area contributed by atoms with Gasteiger partial charge < -0.3 is 15.2 Å². The molecule has 0 saturated carbocycles. The lowest BCUT2D eigenvalue weighted by Gasteiger charge is -2.11. The van der Waals surface area contributed by atoms with E-state index in [0.717, 1.165) is 11.3 Å². The Labute approximate surface area is 125 Å². The van der Waals surface area contributed by atoms with E-state index in [-0.39, 0.29) is 6.61 Å². The molecule has 3 N–H and O–H groups in total. The van der Waals surface area contributed by atoms with E-state index in [1.807, 2.05) is 47.8 Å². The van der Waals surface area contributed by atoms with Crippen molar-refractivity contribution in [2.45, 2.75) is 6.10 Å². The second-order valence-corrected chi connectivity index (χ2v) is 4.79. The fraction of sp³-hybridized carbons (Fsp3) is 0.222. The Kier molecular flexibility index (Phi) is 5.83. The highest BCUT2D eigenvalue weighted by Gasteiger charge is 2.07. The van der Waals surface area contributed by atoms with Crippen molar-refractivity contribution in [1.29, 1.82) is 0 Å². The number of hydrogen-bond donors (Lipinski definition) is 2. The van der Waals surface area contributed by atoms with Crippen molar-refractivity contribution >= 4 is 0 Å². The van der Waals surface area contributed by atoms with Gasteiger partial charge in [-0.05, 0) is 29.2 Å². The largest absolute Gasteiger partial charge is 0.491 e. The molecule has 2 aromatic rings. The monoisotopic (exact) mass is 282 g/mol. The summed E-state index contributed by atoms with van der Waals surface area (Å²) in [6.45, 7) is 1.39. The highest BCUT2D eigenvalue weighted by molar-refractivity contribution is 5.63. The maximum Gasteiger partial charge on any atom is 0.137 e. The van der Waals surface area contributed by atoms with Crippen LogP contribution in [0.4, 0.5) is 0 Å². The Morgan fingerprint density at radius 2 is 1.71 bits per heavy atom. The predicted octanol–water partition coefficient (Wildman–Crippen LogP) is 1.29. The Morgan fingerprint density at radius 3 is 2.38 bits per heavy atom. The van der Waals surface area contributed by atoms with Crippen LogP contribution >= 0.6 is 0 Å². The third-order valence-electron chi connectivity index (χ3n) is 3.10. The van der Waals surface area contributed by atoms with Crippen LogP contribution in [0.5, 0.6) is 5.75 Å². The van der Waals surface area contributed by atoms with Crippen LogP contribution < -0.4 is 10.1 Å². The van der Waals surface area contributed by atoms with Gasteiger partial charge >= 0.3 is 0 Å². The molecular weight excluding hydrogens is 262 g/mol. The number of rotatable bonds is 7. The van der Waals surface area contributed by atoms with Gasteiger partial charge in [-0.15, -0.1) is 6.42 Å². The van der Waals surface area contributed by atoms with Crippen LogP contribution in [0, 0.1) is 12.3 Å². The minimum Gasteiger partial charge on any atom is -0.491 e. The summed E-state index contributed by atoms with van der Waals surface area (Å²) in [7, 11) is 0. The number of ether oxygens (including phenoxy) is 1. The molecule has 0 aliphatic carbocycles. The van der Waals surface area contributed by atoms with Gasteiger partial charge in [0, 0.05) is 0 Å². The molecule has 0 saturated heterocycles. The molecule has 3 heteroatoms. The molecule has 108 valence electrons. The summed E-state index contributed by atoms with van der Waals surface area (Å²) in [5.41, 5.74) is 2.32. The minimum atomic E-state index is -0.521. The number of quaternary nitrogens is 1. The molecule has 1 atom stereocenters. The number of nitrogens with two attached hydrogens (primary N) is 1. The summed E-state index contributed by atoms with van der Waals surface area (Å²) in [6.07, 6.45) is 4.63. The zero-order valence-corrected chi connectivity index (χ0v) is 11.9. The highest BCUT2D eigenvalue weighted by atomic mass is 16.5. The number of terminal acetylenes is 1. The van der Waals surface area contributed by atoms with Gasteiger partial charge in [-0.3, -0.25) is 0 Å². The maximum atomic E-state index is 9.74. The zero-order chi connectivity index (χ0) is 14.9. The molecule has 3 nitrogen and oxygen atoms in total. The third-order valence-corrected chi connectivity index (χ3v) is 3.10. The van der Waals surface area contributed by atoms with Gasteiger partial charge in [0.2, 0.25) is 0 Å². The normalized spacial score (nSPS) is 11.6. The minimum absolute atomic E-state index is 0.270. The summed E-state index contributed by atoms with van der Waals surface area (Å²) in [5.74, 6) is 3.27. The molecule has 0 aliphatic heterocycles. The molecule has 0 aromatic heterocycles. The molecule has 0 heterocycles. The molecule has 0 unspecified atom stereocenters. The summed E-state index contributed by atoms with van der Waals surface area (Å²) < 4.78 is 5.57. The first kappa shape index (κ1) is 15.1. The maximum absolute atomic E-state index is 9.74. The molecule has 0 spiro atoms. The Morgan fingerprint density at radius 1 is 1.05 bits per heavy atom. The van der Waals surface area contributed by atoms with Gasteiger partial charge in [0.15, 0.2) is 0 Å². The van der Waals surface area contributed by atoms with Crippen LogP contribution in [0.3, 0.4) is 0 Å². The van der Waals surface area contributed by atoms with Crippen LogP contribution in [0.2, 0.25) is 0 Å². The molecule has 0 bridgehead atoms. The van der Waals surface area contributed by atoms with E-state index < -0.39 is 6.10 Å². The van der Waals surface area contributed by atoms with E-state index >= 15 is 0 Å². The van der Waals surface area contributed by atoms with E-state index in [2.05, 4.69) is 18.1 Å². The molecule has 0 radical (unpaired) electrons. The Bertz CT molecular complexity index is 572. The van der Waals surface area contributed by atoms with E-state index in [1.165, 1.54) is 5.56 Å². The lowest BCUT2D eigenvalue weighted by atomic mass is 10.1. The van der Waals surface area contributed by atoms with Gasteiger partial charge in [0.05, 0.1) is 0 Å². The van der Waals surface area contributed by atoms with Crippen LogP contribution in [-0.4, -0.2) is 30.9 Å². The van der Waals surface area contributed by atoms with Crippen LogP contribution in [-0.2, 0) is 0 Å². The molecule has 0 fully saturated rings. The fourth-order valence-electron chi connectivity index (χ4n) is 1.99. The molecule has 2 rings (SSSR count). The second kappa shape index (κ2) is 8.11. The SMILES string of the molecule is C#CC[NH2+]C[C@H](O)COc1ccc(-c2ccccc2)cc1. The first-order valence-corrected chi connectivity index (χ1v) is 7.01.